The Morgan fingerprint density at radius 2 is 0.920 bits per heavy atom. The summed E-state index contributed by atoms with van der Waals surface area (Å²) in [6.07, 6.45) is -29.3. The molecule has 10 nitrogen and oxygen atoms in total. The highest BCUT2D eigenvalue weighted by Crippen LogP contribution is 2.39. The van der Waals surface area contributed by atoms with Gasteiger partial charge in [-0.3, -0.25) is 4.72 Å². The first-order valence-electron chi connectivity index (χ1n) is 21.6. The van der Waals surface area contributed by atoms with Gasteiger partial charge in [0.1, 0.15) is 11.5 Å². The van der Waals surface area contributed by atoms with Crippen LogP contribution in [0.5, 0.6) is 11.5 Å². The van der Waals surface area contributed by atoms with Crippen LogP contribution in [0, 0.1) is 23.7 Å². The second-order valence-corrected chi connectivity index (χ2v) is 18.6. The summed E-state index contributed by atoms with van der Waals surface area (Å²) in [5.74, 6) is 10.4. The van der Waals surface area contributed by atoms with Crippen molar-refractivity contribution in [1.29, 1.82) is 0 Å². The third-order valence-corrected chi connectivity index (χ3v) is 11.0. The van der Waals surface area contributed by atoms with Crippen LogP contribution in [0.1, 0.15) is 42.2 Å². The first-order chi connectivity index (χ1) is 34.9. The second-order valence-electron chi connectivity index (χ2n) is 16.9. The van der Waals surface area contributed by atoms with Crippen molar-refractivity contribution in [3.8, 4) is 57.4 Å². The number of fused-ring (bicyclic) bond motifs is 2. The highest BCUT2D eigenvalue weighted by atomic mass is 32.2. The van der Waals surface area contributed by atoms with E-state index in [-0.39, 0.29) is 5.82 Å². The molecule has 0 fully saturated rings. The molecule has 8 aromatic rings. The molecule has 0 unspecified atom stereocenters. The number of hydrogen-bond acceptors (Lipinski definition) is 7. The summed E-state index contributed by atoms with van der Waals surface area (Å²) < 4.78 is 186. The number of imidazole rings is 2. The van der Waals surface area contributed by atoms with Crippen molar-refractivity contribution in [2.45, 2.75) is 56.4 Å². The predicted molar refractivity (Wildman–Crippen MR) is 255 cm³/mol. The maximum absolute atomic E-state index is 12.7. The molecule has 0 aliphatic carbocycles. The summed E-state index contributed by atoms with van der Waals surface area (Å²) in [7, 11) is -3.50. The molecule has 2 heterocycles. The van der Waals surface area contributed by atoms with Gasteiger partial charge in [-0.05, 0) is 127 Å². The fourth-order valence-corrected chi connectivity index (χ4v) is 7.75. The SMILES string of the molecule is CC(C)(O)c1ccccc1-c1ccc2nc(C#Cc3ccc(OC(C(F)(F)F)C(F)(F)F)cc3)[nH]c2c1.CS(=O)(=O)Nc1ccccc1-c1ccc2nc(C#Cc3ccc(OC(C(F)(F)F)C(F)(F)F)cc3)[nH]c2c1. The quantitative estimate of drug-likeness (QED) is 0.0833. The molecule has 2 aromatic heterocycles. The number of benzene rings is 6. The highest BCUT2D eigenvalue weighted by Gasteiger charge is 2.60. The monoisotopic (exact) mass is 1070 g/mol. The lowest BCUT2D eigenvalue weighted by molar-refractivity contribution is -0.300. The van der Waals surface area contributed by atoms with E-state index in [2.05, 4.69) is 57.8 Å². The van der Waals surface area contributed by atoms with E-state index < -0.39 is 64.0 Å². The number of aromatic nitrogens is 4. The van der Waals surface area contributed by atoms with Crippen LogP contribution >= 0.6 is 0 Å². The molecular weight excluding hydrogens is 1030 g/mol. The summed E-state index contributed by atoms with van der Waals surface area (Å²) in [5.41, 5.74) is 6.34. The van der Waals surface area contributed by atoms with Crippen LogP contribution in [0.4, 0.5) is 58.4 Å². The minimum absolute atomic E-state index is 0.259. The zero-order chi connectivity index (χ0) is 54.7. The molecule has 0 atom stereocenters. The van der Waals surface area contributed by atoms with Crippen LogP contribution in [-0.2, 0) is 15.6 Å². The van der Waals surface area contributed by atoms with Gasteiger partial charge in [-0.15, -0.1) is 0 Å². The Balaban J connectivity index is 0.000000219. The molecule has 0 aliphatic heterocycles. The largest absolute Gasteiger partial charge is 0.471 e. The van der Waals surface area contributed by atoms with Crippen LogP contribution in [0.15, 0.2) is 133 Å². The van der Waals surface area contributed by atoms with Gasteiger partial charge < -0.3 is 24.5 Å². The van der Waals surface area contributed by atoms with Crippen molar-refractivity contribution in [3.63, 3.8) is 0 Å². The molecule has 0 spiro atoms. The molecule has 0 saturated heterocycles. The first kappa shape index (κ1) is 54.6. The van der Waals surface area contributed by atoms with E-state index in [4.69, 9.17) is 0 Å². The van der Waals surface area contributed by atoms with E-state index in [1.165, 1.54) is 24.3 Å². The van der Waals surface area contributed by atoms with Gasteiger partial charge in [0, 0.05) is 16.7 Å². The van der Waals surface area contributed by atoms with Gasteiger partial charge in [-0.25, -0.2) is 18.4 Å². The number of H-pyrrole nitrogens is 2. The van der Waals surface area contributed by atoms with Crippen LogP contribution in [0.2, 0.25) is 0 Å². The molecule has 75 heavy (non-hydrogen) atoms. The van der Waals surface area contributed by atoms with Gasteiger partial charge in [-0.2, -0.15) is 52.7 Å². The average molecular weight is 1070 g/mol. The predicted octanol–water partition coefficient (Wildman–Crippen LogP) is 12.6. The molecule has 8 rings (SSSR count). The molecule has 4 N–H and O–H groups in total. The van der Waals surface area contributed by atoms with Crippen molar-refractivity contribution in [2.75, 3.05) is 11.0 Å². The Morgan fingerprint density at radius 3 is 1.32 bits per heavy atom. The minimum Gasteiger partial charge on any atom is -0.471 e. The molecule has 0 amide bonds. The van der Waals surface area contributed by atoms with Gasteiger partial charge >= 0.3 is 24.7 Å². The number of aromatic amines is 2. The summed E-state index contributed by atoms with van der Waals surface area (Å²) in [6, 6.07) is 34.0. The Labute approximate surface area is 418 Å². The lowest BCUT2D eigenvalue weighted by Gasteiger charge is -2.23. The van der Waals surface area contributed by atoms with Crippen LogP contribution < -0.4 is 14.2 Å². The number of anilines is 1. The van der Waals surface area contributed by atoms with Gasteiger partial charge in [0.25, 0.3) is 12.2 Å². The van der Waals surface area contributed by atoms with Crippen LogP contribution in [-0.4, -0.2) is 76.6 Å². The Bertz CT molecular complexity index is 3550. The Morgan fingerprint density at radius 1 is 0.533 bits per heavy atom. The second kappa shape index (κ2) is 21.0. The van der Waals surface area contributed by atoms with Gasteiger partial charge in [0.05, 0.1) is 39.6 Å². The molecular formula is C52H37F12N5O5S. The molecule has 23 heteroatoms. The third-order valence-electron chi connectivity index (χ3n) is 10.5. The molecule has 390 valence electrons. The van der Waals surface area contributed by atoms with E-state index in [0.29, 0.717) is 55.8 Å². The van der Waals surface area contributed by atoms with E-state index in [1.807, 2.05) is 36.4 Å². The summed E-state index contributed by atoms with van der Waals surface area (Å²) >= 11 is 0. The first-order valence-corrected chi connectivity index (χ1v) is 23.5. The summed E-state index contributed by atoms with van der Waals surface area (Å²) in [5, 5.41) is 10.5. The topological polar surface area (TPSA) is 142 Å². The third kappa shape index (κ3) is 14.3. The number of rotatable bonds is 9. The highest BCUT2D eigenvalue weighted by molar-refractivity contribution is 7.92. The molecule has 0 radical (unpaired) electrons. The number of aliphatic hydroxyl groups is 1. The number of nitrogens with zero attached hydrogens (tertiary/aromatic N) is 2. The maximum atomic E-state index is 12.7. The number of halogens is 12. The minimum atomic E-state index is -5.62. The smallest absolute Gasteiger partial charge is 0.434 e. The molecule has 6 aromatic carbocycles. The van der Waals surface area contributed by atoms with Gasteiger partial charge in [0.15, 0.2) is 11.6 Å². The van der Waals surface area contributed by atoms with E-state index >= 15 is 0 Å². The molecule has 0 bridgehead atoms. The van der Waals surface area contributed by atoms with Crippen molar-refractivity contribution in [2.24, 2.45) is 0 Å². The van der Waals surface area contributed by atoms with E-state index in [0.717, 1.165) is 47.2 Å². The van der Waals surface area contributed by atoms with E-state index in [9.17, 15) is 66.2 Å². The number of ether oxygens (including phenoxy) is 2. The number of hydrogen-bond donors (Lipinski definition) is 4. The molecule has 0 aliphatic rings. The van der Waals surface area contributed by atoms with Crippen LogP contribution in [0.25, 0.3) is 44.3 Å². The van der Waals surface area contributed by atoms with Crippen molar-refractivity contribution < 1.29 is 75.7 Å². The summed E-state index contributed by atoms with van der Waals surface area (Å²) in [6.45, 7) is 3.41. The number of sulfonamides is 1. The number of para-hydroxylation sites is 1. The van der Waals surface area contributed by atoms with E-state index in [1.54, 1.807) is 62.4 Å². The fourth-order valence-electron chi connectivity index (χ4n) is 7.17. The summed E-state index contributed by atoms with van der Waals surface area (Å²) in [4.78, 5) is 14.8. The Kier molecular flexibility index (Phi) is 15.3. The lowest BCUT2D eigenvalue weighted by Crippen LogP contribution is -2.46. The van der Waals surface area contributed by atoms with Crippen molar-refractivity contribution in [1.82, 2.24) is 19.9 Å². The molecule has 0 saturated carbocycles. The number of nitrogens with one attached hydrogen (secondary N) is 3. The number of alkyl halides is 12. The zero-order valence-electron chi connectivity index (χ0n) is 38.8. The van der Waals surface area contributed by atoms with Gasteiger partial charge in [-0.1, -0.05) is 66.4 Å². The average Bonchev–Trinajstić information content (AvgIpc) is 3.93. The van der Waals surface area contributed by atoms with Crippen LogP contribution in [0.3, 0.4) is 0 Å². The normalized spacial score (nSPS) is 12.4. The van der Waals surface area contributed by atoms with Crippen molar-refractivity contribution >= 4 is 37.8 Å². The Hall–Kier alpha value is -8.15. The van der Waals surface area contributed by atoms with Crippen molar-refractivity contribution in [3.05, 3.63) is 162 Å². The standard InChI is InChI=1S/C27H20F6N2O2.C25H17F6N3O3S/c1-25(2,36)20-6-4-3-5-19(20)17-10-13-21-22(15-17)35-23(34-21)14-9-16-7-11-18(12-8-16)37-24(26(28,29)30)27(31,32)33;1-38(35,36)34-19-5-3-2-4-18(19)16-9-12-20-21(14-16)33-22(32-20)13-8-15-6-10-17(11-7-15)37-23(24(26,27)28)25(29,30)31/h3-8,10-13,15,24,36H,1-2H3,(H,34,35);2-7,9-12,14,23,34H,1H3,(H,32,33). The lowest BCUT2D eigenvalue weighted by atomic mass is 9.89. The zero-order valence-corrected chi connectivity index (χ0v) is 39.6. The fraction of sp³-hybridized carbons (Fsp3) is 0.192. The van der Waals surface area contributed by atoms with Gasteiger partial charge in [0.2, 0.25) is 10.0 Å². The maximum Gasteiger partial charge on any atom is 0.434 e.